The van der Waals surface area contributed by atoms with E-state index in [2.05, 4.69) is 10.2 Å². The van der Waals surface area contributed by atoms with Crippen LogP contribution in [0.1, 0.15) is 18.2 Å². The third-order valence-corrected chi connectivity index (χ3v) is 6.11. The van der Waals surface area contributed by atoms with Crippen molar-refractivity contribution in [3.05, 3.63) is 70.4 Å². The van der Waals surface area contributed by atoms with Crippen LogP contribution in [0.3, 0.4) is 0 Å². The lowest BCUT2D eigenvalue weighted by Gasteiger charge is -2.44. The minimum Gasteiger partial charge on any atom is -0.465 e. The van der Waals surface area contributed by atoms with Crippen LogP contribution in [0.25, 0.3) is 5.69 Å². The average molecular weight is 490 g/mol. The first-order valence-electron chi connectivity index (χ1n) is 11.0. The van der Waals surface area contributed by atoms with Crippen LogP contribution in [-0.2, 0) is 13.5 Å². The zero-order valence-electron chi connectivity index (χ0n) is 19.2. The molecule has 2 aromatic heterocycles. The van der Waals surface area contributed by atoms with Gasteiger partial charge < -0.3 is 5.11 Å². The van der Waals surface area contributed by atoms with Crippen LogP contribution in [0.4, 0.5) is 23.7 Å². The van der Waals surface area contributed by atoms with Crippen LogP contribution in [0.15, 0.2) is 53.7 Å². The lowest BCUT2D eigenvalue weighted by Crippen LogP contribution is -2.58. The summed E-state index contributed by atoms with van der Waals surface area (Å²) in [5.41, 5.74) is 1.79. The Balaban J connectivity index is 1.48. The molecule has 3 aromatic rings. The van der Waals surface area contributed by atoms with Crippen LogP contribution in [0, 0.1) is 5.92 Å². The molecule has 0 aliphatic carbocycles. The fourth-order valence-corrected chi connectivity index (χ4v) is 4.07. The van der Waals surface area contributed by atoms with Crippen LogP contribution < -0.4 is 10.3 Å². The molecule has 0 spiro atoms. The predicted octanol–water partition coefficient (Wildman–Crippen LogP) is 2.92. The van der Waals surface area contributed by atoms with E-state index in [-0.39, 0.29) is 43.1 Å². The van der Waals surface area contributed by atoms with Crippen molar-refractivity contribution in [2.45, 2.75) is 25.6 Å². The van der Waals surface area contributed by atoms with Gasteiger partial charge in [-0.3, -0.25) is 19.3 Å². The Kier molecular flexibility index (Phi) is 6.66. The number of nitrogens with zero attached hydrogens (tertiary/aromatic N) is 6. The Morgan fingerprint density at radius 2 is 2.03 bits per heavy atom. The molecular formula is C23H25F3N6O3. The third-order valence-electron chi connectivity index (χ3n) is 6.11. The average Bonchev–Trinajstić information content (AvgIpc) is 3.19. The van der Waals surface area contributed by atoms with Crippen molar-refractivity contribution in [1.29, 1.82) is 0 Å². The maximum atomic E-state index is 12.9. The summed E-state index contributed by atoms with van der Waals surface area (Å²) in [7, 11) is 1.77. The molecule has 1 aromatic carbocycles. The number of amides is 1. The molecule has 4 rings (SSSR count). The molecule has 12 heteroatoms. The molecule has 1 fully saturated rings. The van der Waals surface area contributed by atoms with Crippen molar-refractivity contribution in [2.24, 2.45) is 13.0 Å². The minimum absolute atomic E-state index is 0.0806. The van der Waals surface area contributed by atoms with Crippen molar-refractivity contribution in [3.8, 4) is 5.69 Å². The minimum atomic E-state index is -4.31. The second-order valence-corrected chi connectivity index (χ2v) is 8.72. The highest BCUT2D eigenvalue weighted by molar-refractivity contribution is 5.86. The monoisotopic (exact) mass is 490 g/mol. The largest absolute Gasteiger partial charge is 0.465 e. The number of carbonyl (C=O) groups is 1. The Hall–Kier alpha value is -3.67. The molecule has 1 amide bonds. The number of benzene rings is 1. The summed E-state index contributed by atoms with van der Waals surface area (Å²) in [6.45, 7) is 1.53. The summed E-state index contributed by atoms with van der Waals surface area (Å²) in [6, 6.07) is 6.58. The number of aryl methyl sites for hydroxylation is 1. The molecule has 186 valence electrons. The zero-order chi connectivity index (χ0) is 25.3. The molecular weight excluding hydrogens is 465 g/mol. The summed E-state index contributed by atoms with van der Waals surface area (Å²) >= 11 is 0. The first kappa shape index (κ1) is 24.5. The van der Waals surface area contributed by atoms with E-state index in [4.69, 9.17) is 0 Å². The number of alkyl halides is 3. The van der Waals surface area contributed by atoms with Gasteiger partial charge >= 0.3 is 12.3 Å². The lowest BCUT2D eigenvalue weighted by molar-refractivity contribution is -0.193. The highest BCUT2D eigenvalue weighted by Gasteiger charge is 2.45. The van der Waals surface area contributed by atoms with E-state index >= 15 is 0 Å². The van der Waals surface area contributed by atoms with Gasteiger partial charge in [-0.05, 0) is 24.6 Å². The second kappa shape index (κ2) is 9.53. The zero-order valence-corrected chi connectivity index (χ0v) is 19.2. The molecule has 35 heavy (non-hydrogen) atoms. The van der Waals surface area contributed by atoms with E-state index in [9.17, 15) is 27.9 Å². The van der Waals surface area contributed by atoms with Crippen LogP contribution in [0.2, 0.25) is 0 Å². The molecule has 9 nitrogen and oxygen atoms in total. The van der Waals surface area contributed by atoms with Gasteiger partial charge in [0, 0.05) is 57.0 Å². The first-order valence-corrected chi connectivity index (χ1v) is 11.0. The van der Waals surface area contributed by atoms with Crippen LogP contribution in [0.5, 0.6) is 0 Å². The fraction of sp³-hybridized carbons (Fsp3) is 0.391. The summed E-state index contributed by atoms with van der Waals surface area (Å²) in [5.74, 6) is -0.206. The van der Waals surface area contributed by atoms with E-state index in [1.54, 1.807) is 59.3 Å². The van der Waals surface area contributed by atoms with Crippen LogP contribution >= 0.6 is 0 Å². The summed E-state index contributed by atoms with van der Waals surface area (Å²) < 4.78 is 41.9. The van der Waals surface area contributed by atoms with Gasteiger partial charge in [0.25, 0.3) is 0 Å². The van der Waals surface area contributed by atoms with Gasteiger partial charge in [0.1, 0.15) is 17.4 Å². The van der Waals surface area contributed by atoms with Crippen molar-refractivity contribution >= 4 is 11.8 Å². The highest BCUT2D eigenvalue weighted by Crippen LogP contribution is 2.31. The summed E-state index contributed by atoms with van der Waals surface area (Å²) in [5, 5.41) is 18.2. The van der Waals surface area contributed by atoms with E-state index in [0.29, 0.717) is 16.9 Å². The quantitative estimate of drug-likeness (QED) is 0.547. The second-order valence-electron chi connectivity index (χ2n) is 8.72. The number of aromatic nitrogens is 4. The van der Waals surface area contributed by atoms with Gasteiger partial charge in [-0.15, -0.1) is 0 Å². The smallest absolute Gasteiger partial charge is 0.411 e. The number of hydrogen-bond acceptors (Lipinski definition) is 5. The van der Waals surface area contributed by atoms with Crippen molar-refractivity contribution < 1.29 is 23.1 Å². The van der Waals surface area contributed by atoms with E-state index < -0.39 is 18.3 Å². The van der Waals surface area contributed by atoms with Gasteiger partial charge in [0.05, 0.1) is 12.4 Å². The van der Waals surface area contributed by atoms with E-state index in [0.717, 1.165) is 11.8 Å². The summed E-state index contributed by atoms with van der Waals surface area (Å²) in [6.07, 6.45) is -0.407. The number of rotatable bonds is 7. The number of halogens is 3. The predicted molar refractivity (Wildman–Crippen MR) is 122 cm³/mol. The van der Waals surface area contributed by atoms with Crippen molar-refractivity contribution in [1.82, 2.24) is 24.5 Å². The van der Waals surface area contributed by atoms with Gasteiger partial charge in [-0.1, -0.05) is 12.1 Å². The topological polar surface area (TPSA) is 96.5 Å². The van der Waals surface area contributed by atoms with Crippen molar-refractivity contribution in [2.75, 3.05) is 24.5 Å². The standard InChI is InChI=1S/C23H25F3N6O3/c1-15(23(24,25)26)30-11-17(12-30)13-31(22(34)35)18-5-3-4-16(8-18)9-20-21(33)6-7-32(28-20)19-10-27-29(2)14-19/h3-8,10,14-15,17H,9,11-13H2,1-2H3,(H,34,35). The Bertz CT molecular complexity index is 1270. The maximum Gasteiger partial charge on any atom is 0.411 e. The van der Waals surface area contributed by atoms with E-state index in [1.165, 1.54) is 11.0 Å². The maximum absolute atomic E-state index is 12.9. The number of hydrogen-bond donors (Lipinski definition) is 1. The molecule has 1 unspecified atom stereocenters. The third kappa shape index (κ3) is 5.53. The molecule has 0 bridgehead atoms. The molecule has 1 saturated heterocycles. The van der Waals surface area contributed by atoms with Gasteiger partial charge in [-0.2, -0.15) is 23.4 Å². The van der Waals surface area contributed by atoms with Crippen LogP contribution in [-0.4, -0.2) is 67.5 Å². The van der Waals surface area contributed by atoms with E-state index in [1.807, 2.05) is 0 Å². The number of anilines is 1. The normalized spacial score (nSPS) is 15.6. The number of likely N-dealkylation sites (tertiary alicyclic amines) is 1. The SMILES string of the molecule is CC(N1CC(CN(C(=O)O)c2cccc(Cc3nn(-c4cnn(C)c4)ccc3=O)c2)C1)C(F)(F)F. The van der Waals surface area contributed by atoms with Gasteiger partial charge in [0.15, 0.2) is 0 Å². The van der Waals surface area contributed by atoms with Gasteiger partial charge in [-0.25, -0.2) is 9.48 Å². The molecule has 3 heterocycles. The molecule has 1 N–H and O–H groups in total. The Labute approximate surface area is 199 Å². The number of carboxylic acid groups (broad SMARTS) is 1. The molecule has 0 radical (unpaired) electrons. The highest BCUT2D eigenvalue weighted by atomic mass is 19.4. The first-order chi connectivity index (χ1) is 16.5. The van der Waals surface area contributed by atoms with Crippen molar-refractivity contribution in [3.63, 3.8) is 0 Å². The molecule has 0 saturated carbocycles. The Morgan fingerprint density at radius 1 is 1.29 bits per heavy atom. The molecule has 1 aliphatic rings. The Morgan fingerprint density at radius 3 is 2.66 bits per heavy atom. The summed E-state index contributed by atoms with van der Waals surface area (Å²) in [4.78, 5) is 26.8. The lowest BCUT2D eigenvalue weighted by atomic mass is 9.96. The fourth-order valence-electron chi connectivity index (χ4n) is 4.07. The molecule has 1 aliphatic heterocycles. The molecule has 1 atom stereocenters. The van der Waals surface area contributed by atoms with Gasteiger partial charge in [0.2, 0.25) is 5.43 Å².